The summed E-state index contributed by atoms with van der Waals surface area (Å²) >= 11 is 0. The van der Waals surface area contributed by atoms with E-state index in [1.54, 1.807) is 6.92 Å². The Morgan fingerprint density at radius 3 is 2.58 bits per heavy atom. The molecule has 19 heavy (non-hydrogen) atoms. The molecule has 0 spiro atoms. The molecule has 0 aliphatic rings. The second-order valence-electron chi connectivity index (χ2n) is 3.41. The van der Waals surface area contributed by atoms with Gasteiger partial charge in [-0.2, -0.15) is 8.42 Å². The largest absolute Gasteiger partial charge is 0.490 e. The van der Waals surface area contributed by atoms with Crippen LogP contribution in [0.15, 0.2) is 23.1 Å². The second-order valence-corrected chi connectivity index (χ2v) is 4.80. The quantitative estimate of drug-likeness (QED) is 0.348. The number of rotatable bonds is 7. The van der Waals surface area contributed by atoms with Crippen LogP contribution < -0.4 is 4.74 Å². The molecule has 0 unspecified atom stereocenters. The summed E-state index contributed by atoms with van der Waals surface area (Å²) in [6, 6.07) is 2.95. The molecule has 0 radical (unpaired) electrons. The fourth-order valence-corrected chi connectivity index (χ4v) is 1.94. The second kappa shape index (κ2) is 6.45. The third-order valence-corrected chi connectivity index (χ3v) is 2.98. The first kappa shape index (κ1) is 15.3. The van der Waals surface area contributed by atoms with Gasteiger partial charge in [0.2, 0.25) is 0 Å². The van der Waals surface area contributed by atoms with Crippen LogP contribution in [-0.2, 0) is 14.9 Å². The Kier molecular flexibility index (Phi) is 5.21. The Hall–Kier alpha value is -1.71. The van der Waals surface area contributed by atoms with Crippen LogP contribution in [0.5, 0.6) is 5.75 Å². The zero-order valence-electron chi connectivity index (χ0n) is 10.1. The number of hydrogen-bond acceptors (Lipinski definition) is 6. The molecule has 106 valence electrons. The number of nitro groups is 1. The van der Waals surface area contributed by atoms with Crippen LogP contribution in [0.3, 0.4) is 0 Å². The van der Waals surface area contributed by atoms with Crippen LogP contribution in [-0.4, -0.2) is 37.7 Å². The lowest BCUT2D eigenvalue weighted by molar-refractivity contribution is -0.385. The zero-order chi connectivity index (χ0) is 14.5. The standard InChI is InChI=1S/C10H13NO7S/c1-2-17-5-6-18-9-4-3-8(11(12)13)7-10(9)19(14,15)16/h3-4,7H,2,5-6H2,1H3,(H,14,15,16). The van der Waals surface area contributed by atoms with Crippen molar-refractivity contribution in [2.45, 2.75) is 11.8 Å². The fraction of sp³-hybridized carbons (Fsp3) is 0.400. The Labute approximate surface area is 109 Å². The van der Waals surface area contributed by atoms with Crippen molar-refractivity contribution in [3.8, 4) is 5.75 Å². The van der Waals surface area contributed by atoms with E-state index in [4.69, 9.17) is 14.0 Å². The Morgan fingerprint density at radius 1 is 1.37 bits per heavy atom. The van der Waals surface area contributed by atoms with Gasteiger partial charge in [0.1, 0.15) is 17.3 Å². The minimum absolute atomic E-state index is 0.0637. The highest BCUT2D eigenvalue weighted by Crippen LogP contribution is 2.28. The topological polar surface area (TPSA) is 116 Å². The summed E-state index contributed by atoms with van der Waals surface area (Å²) in [7, 11) is -4.60. The Balaban J connectivity index is 3.00. The van der Waals surface area contributed by atoms with Crippen molar-refractivity contribution in [2.24, 2.45) is 0 Å². The maximum absolute atomic E-state index is 11.1. The Morgan fingerprint density at radius 2 is 2.05 bits per heavy atom. The van der Waals surface area contributed by atoms with Crippen LogP contribution in [0, 0.1) is 10.1 Å². The molecule has 0 saturated carbocycles. The highest BCUT2D eigenvalue weighted by Gasteiger charge is 2.21. The molecule has 1 aromatic rings. The molecule has 1 N–H and O–H groups in total. The third-order valence-electron chi connectivity index (χ3n) is 2.11. The SMILES string of the molecule is CCOCCOc1ccc([N+](=O)[O-])cc1S(=O)(=O)O. The first-order valence-corrected chi connectivity index (χ1v) is 6.76. The number of non-ortho nitro benzene ring substituents is 1. The molecule has 0 bridgehead atoms. The minimum Gasteiger partial charge on any atom is -0.490 e. The van der Waals surface area contributed by atoms with Crippen LogP contribution in [0.25, 0.3) is 0 Å². The van der Waals surface area contributed by atoms with Gasteiger partial charge in [-0.05, 0) is 13.0 Å². The highest BCUT2D eigenvalue weighted by molar-refractivity contribution is 7.86. The van der Waals surface area contributed by atoms with Gasteiger partial charge in [-0.1, -0.05) is 0 Å². The number of nitro benzene ring substituents is 1. The van der Waals surface area contributed by atoms with Crippen molar-refractivity contribution < 1.29 is 27.4 Å². The average Bonchev–Trinajstić information content (AvgIpc) is 2.33. The number of ether oxygens (including phenoxy) is 2. The van der Waals surface area contributed by atoms with E-state index in [0.717, 1.165) is 18.2 Å². The van der Waals surface area contributed by atoms with E-state index in [0.29, 0.717) is 6.61 Å². The maximum Gasteiger partial charge on any atom is 0.298 e. The molecule has 0 heterocycles. The number of hydrogen-bond donors (Lipinski definition) is 1. The van der Waals surface area contributed by atoms with E-state index in [2.05, 4.69) is 0 Å². The van der Waals surface area contributed by atoms with Gasteiger partial charge in [0.15, 0.2) is 0 Å². The van der Waals surface area contributed by atoms with E-state index < -0.39 is 25.6 Å². The molecule has 0 aliphatic heterocycles. The molecule has 0 aromatic heterocycles. The van der Waals surface area contributed by atoms with Gasteiger partial charge in [0.05, 0.1) is 11.5 Å². The lowest BCUT2D eigenvalue weighted by Gasteiger charge is -2.09. The van der Waals surface area contributed by atoms with E-state index in [9.17, 15) is 18.5 Å². The third kappa shape index (κ3) is 4.47. The summed E-state index contributed by atoms with van der Waals surface area (Å²) < 4.78 is 41.4. The number of benzene rings is 1. The molecular formula is C10H13NO7S. The lowest BCUT2D eigenvalue weighted by atomic mass is 10.3. The fourth-order valence-electron chi connectivity index (χ4n) is 1.29. The van der Waals surface area contributed by atoms with Crippen LogP contribution in [0.4, 0.5) is 5.69 Å². The van der Waals surface area contributed by atoms with Gasteiger partial charge in [-0.25, -0.2) is 0 Å². The van der Waals surface area contributed by atoms with Gasteiger partial charge in [-0.3, -0.25) is 14.7 Å². The van der Waals surface area contributed by atoms with Crippen LogP contribution in [0.1, 0.15) is 6.92 Å². The van der Waals surface area contributed by atoms with Crippen LogP contribution in [0.2, 0.25) is 0 Å². The smallest absolute Gasteiger partial charge is 0.298 e. The van der Waals surface area contributed by atoms with Gasteiger partial charge < -0.3 is 9.47 Å². The van der Waals surface area contributed by atoms with E-state index >= 15 is 0 Å². The van der Waals surface area contributed by atoms with Crippen molar-refractivity contribution in [2.75, 3.05) is 19.8 Å². The summed E-state index contributed by atoms with van der Waals surface area (Å²) in [5.41, 5.74) is -0.454. The molecule has 0 aliphatic carbocycles. The van der Waals surface area contributed by atoms with Crippen molar-refractivity contribution in [1.29, 1.82) is 0 Å². The molecule has 0 atom stereocenters. The molecule has 9 heteroatoms. The molecule has 1 rings (SSSR count). The average molecular weight is 291 g/mol. The lowest BCUT2D eigenvalue weighted by Crippen LogP contribution is -2.09. The highest BCUT2D eigenvalue weighted by atomic mass is 32.2. The summed E-state index contributed by atoms with van der Waals surface area (Å²) in [6.45, 7) is 2.57. The van der Waals surface area contributed by atoms with Gasteiger partial charge in [0.25, 0.3) is 15.8 Å². The number of nitrogens with zero attached hydrogens (tertiary/aromatic N) is 1. The molecule has 0 amide bonds. The zero-order valence-corrected chi connectivity index (χ0v) is 10.9. The minimum atomic E-state index is -4.60. The predicted octanol–water partition coefficient (Wildman–Crippen LogP) is 1.26. The molecule has 0 fully saturated rings. The van der Waals surface area contributed by atoms with Crippen molar-refractivity contribution >= 4 is 15.8 Å². The van der Waals surface area contributed by atoms with E-state index in [1.807, 2.05) is 0 Å². The molecule has 8 nitrogen and oxygen atoms in total. The molecule has 1 aromatic carbocycles. The first-order valence-electron chi connectivity index (χ1n) is 5.32. The Bertz CT molecular complexity index is 555. The summed E-state index contributed by atoms with van der Waals surface area (Å²) in [4.78, 5) is 9.15. The van der Waals surface area contributed by atoms with E-state index in [1.165, 1.54) is 0 Å². The van der Waals surface area contributed by atoms with Gasteiger partial charge in [0, 0.05) is 18.7 Å². The normalized spacial score (nSPS) is 11.3. The monoisotopic (exact) mass is 291 g/mol. The summed E-state index contributed by atoms with van der Waals surface area (Å²) in [5, 5.41) is 10.6. The van der Waals surface area contributed by atoms with Gasteiger partial charge in [-0.15, -0.1) is 0 Å². The van der Waals surface area contributed by atoms with Crippen molar-refractivity contribution in [3.63, 3.8) is 0 Å². The van der Waals surface area contributed by atoms with Gasteiger partial charge >= 0.3 is 0 Å². The predicted molar refractivity (Wildman–Crippen MR) is 64.9 cm³/mol. The summed E-state index contributed by atoms with van der Waals surface area (Å²) in [5.74, 6) is -0.159. The van der Waals surface area contributed by atoms with Crippen LogP contribution >= 0.6 is 0 Å². The summed E-state index contributed by atoms with van der Waals surface area (Å²) in [6.07, 6.45) is 0. The maximum atomic E-state index is 11.1. The first-order chi connectivity index (χ1) is 8.86. The molecule has 0 saturated heterocycles. The molecular weight excluding hydrogens is 278 g/mol. The van der Waals surface area contributed by atoms with Crippen molar-refractivity contribution in [1.82, 2.24) is 0 Å². The van der Waals surface area contributed by atoms with Crippen molar-refractivity contribution in [3.05, 3.63) is 28.3 Å². The van der Waals surface area contributed by atoms with E-state index in [-0.39, 0.29) is 19.0 Å².